The van der Waals surface area contributed by atoms with Crippen LogP contribution < -0.4 is 4.90 Å². The van der Waals surface area contributed by atoms with Gasteiger partial charge in [0, 0.05) is 35.6 Å². The minimum Gasteiger partial charge on any atom is -0.478 e. The SMILES string of the molecule is Cc1csc(CCN(C(=O)OCC2c3ccccc3-c3ccccc32)c2ccc(C(=O)O)cc2)n1. The average Bonchev–Trinajstić information content (AvgIpc) is 3.44. The van der Waals surface area contributed by atoms with E-state index in [1.807, 2.05) is 36.6 Å². The molecule has 1 amide bonds. The van der Waals surface area contributed by atoms with Crippen molar-refractivity contribution in [1.29, 1.82) is 0 Å². The molecule has 0 bridgehead atoms. The molecule has 1 aliphatic carbocycles. The Kier molecular flexibility index (Phi) is 6.33. The standard InChI is InChI=1S/C28H24N2O4S/c1-18-17-35-26(29-18)14-15-30(20-12-10-19(11-13-20)27(31)32)28(33)34-16-25-23-8-4-2-6-21(23)22-7-3-5-9-24(22)25/h2-13,17,25H,14-16H2,1H3,(H,31,32). The molecule has 0 spiro atoms. The van der Waals surface area contributed by atoms with E-state index in [0.717, 1.165) is 21.8 Å². The lowest BCUT2D eigenvalue weighted by atomic mass is 9.98. The van der Waals surface area contributed by atoms with Crippen LogP contribution in [0, 0.1) is 6.92 Å². The van der Waals surface area contributed by atoms with E-state index in [1.165, 1.54) is 23.3 Å². The largest absolute Gasteiger partial charge is 0.478 e. The van der Waals surface area contributed by atoms with Gasteiger partial charge in [-0.05, 0) is 53.4 Å². The predicted molar refractivity (Wildman–Crippen MR) is 136 cm³/mol. The smallest absolute Gasteiger partial charge is 0.414 e. The Bertz CT molecular complexity index is 1330. The minimum absolute atomic E-state index is 0.0378. The first-order chi connectivity index (χ1) is 17.0. The zero-order valence-corrected chi connectivity index (χ0v) is 20.0. The molecule has 0 fully saturated rings. The zero-order chi connectivity index (χ0) is 24.4. The van der Waals surface area contributed by atoms with Crippen LogP contribution in [0.5, 0.6) is 0 Å². The van der Waals surface area contributed by atoms with Crippen molar-refractivity contribution in [2.45, 2.75) is 19.3 Å². The summed E-state index contributed by atoms with van der Waals surface area (Å²) in [4.78, 5) is 30.7. The van der Waals surface area contributed by atoms with E-state index in [2.05, 4.69) is 29.2 Å². The van der Waals surface area contributed by atoms with Crippen LogP contribution in [0.25, 0.3) is 11.1 Å². The van der Waals surface area contributed by atoms with Crippen molar-refractivity contribution in [1.82, 2.24) is 4.98 Å². The second-order valence-corrected chi connectivity index (χ2v) is 9.38. The molecule has 35 heavy (non-hydrogen) atoms. The Morgan fingerprint density at radius 3 is 2.17 bits per heavy atom. The van der Waals surface area contributed by atoms with Crippen LogP contribution >= 0.6 is 11.3 Å². The van der Waals surface area contributed by atoms with Gasteiger partial charge in [-0.3, -0.25) is 4.90 Å². The number of aromatic carboxylic acids is 1. The monoisotopic (exact) mass is 484 g/mol. The zero-order valence-electron chi connectivity index (χ0n) is 19.2. The quantitative estimate of drug-likeness (QED) is 0.340. The number of rotatable bonds is 7. The molecule has 7 heteroatoms. The van der Waals surface area contributed by atoms with Crippen molar-refractivity contribution in [2.24, 2.45) is 0 Å². The van der Waals surface area contributed by atoms with Gasteiger partial charge in [-0.25, -0.2) is 14.6 Å². The Morgan fingerprint density at radius 2 is 1.60 bits per heavy atom. The predicted octanol–water partition coefficient (Wildman–Crippen LogP) is 6.15. The van der Waals surface area contributed by atoms with Crippen molar-refractivity contribution >= 4 is 29.1 Å². The number of aryl methyl sites for hydroxylation is 1. The van der Waals surface area contributed by atoms with E-state index in [0.29, 0.717) is 18.7 Å². The van der Waals surface area contributed by atoms with Gasteiger partial charge in [0.25, 0.3) is 0 Å². The number of anilines is 1. The Balaban J connectivity index is 1.37. The van der Waals surface area contributed by atoms with Gasteiger partial charge >= 0.3 is 12.1 Å². The molecule has 5 rings (SSSR count). The number of benzene rings is 3. The maximum absolute atomic E-state index is 13.3. The van der Waals surface area contributed by atoms with Gasteiger partial charge in [0.05, 0.1) is 10.6 Å². The van der Waals surface area contributed by atoms with Crippen molar-refractivity contribution in [2.75, 3.05) is 18.1 Å². The number of carboxylic acids is 1. The molecule has 1 heterocycles. The van der Waals surface area contributed by atoms with Crippen LogP contribution in [0.4, 0.5) is 10.5 Å². The molecule has 1 aliphatic rings. The number of hydrogen-bond donors (Lipinski definition) is 1. The van der Waals surface area contributed by atoms with Crippen LogP contribution in [0.3, 0.4) is 0 Å². The van der Waals surface area contributed by atoms with Crippen LogP contribution in [0.1, 0.15) is 38.1 Å². The molecule has 1 aromatic heterocycles. The molecular formula is C28H24N2O4S. The Morgan fingerprint density at radius 1 is 0.971 bits per heavy atom. The highest BCUT2D eigenvalue weighted by molar-refractivity contribution is 7.09. The van der Waals surface area contributed by atoms with Crippen molar-refractivity contribution < 1.29 is 19.4 Å². The number of carboxylic acid groups (broad SMARTS) is 1. The van der Waals surface area contributed by atoms with Gasteiger partial charge in [0.15, 0.2) is 0 Å². The topological polar surface area (TPSA) is 79.7 Å². The summed E-state index contributed by atoms with van der Waals surface area (Å²) in [7, 11) is 0. The highest BCUT2D eigenvalue weighted by Crippen LogP contribution is 2.44. The molecule has 0 radical (unpaired) electrons. The molecule has 0 saturated heterocycles. The van der Waals surface area contributed by atoms with Gasteiger partial charge in [-0.15, -0.1) is 11.3 Å². The first-order valence-corrected chi connectivity index (χ1v) is 12.3. The number of thiazole rings is 1. The van der Waals surface area contributed by atoms with Crippen LogP contribution in [0.2, 0.25) is 0 Å². The fourth-order valence-corrected chi connectivity index (χ4v) is 5.27. The number of aromatic nitrogens is 1. The van der Waals surface area contributed by atoms with Crippen molar-refractivity contribution in [3.05, 3.63) is 106 Å². The molecule has 6 nitrogen and oxygen atoms in total. The van der Waals surface area contributed by atoms with Crippen molar-refractivity contribution in [3.8, 4) is 11.1 Å². The third-order valence-corrected chi connectivity index (χ3v) is 7.22. The van der Waals surface area contributed by atoms with Gasteiger partial charge in [0.1, 0.15) is 6.61 Å². The lowest BCUT2D eigenvalue weighted by Gasteiger charge is -2.23. The average molecular weight is 485 g/mol. The number of fused-ring (bicyclic) bond motifs is 3. The van der Waals surface area contributed by atoms with E-state index in [-0.39, 0.29) is 18.1 Å². The molecule has 1 N–H and O–H groups in total. The Labute approximate surface area is 207 Å². The lowest BCUT2D eigenvalue weighted by molar-refractivity contribution is 0.0697. The van der Waals surface area contributed by atoms with Gasteiger partial charge in [0.2, 0.25) is 0 Å². The van der Waals surface area contributed by atoms with Gasteiger partial charge in [-0.2, -0.15) is 0 Å². The van der Waals surface area contributed by atoms with E-state index in [9.17, 15) is 14.7 Å². The summed E-state index contributed by atoms with van der Waals surface area (Å²) < 4.78 is 5.88. The maximum Gasteiger partial charge on any atom is 0.414 e. The normalized spacial score (nSPS) is 12.1. The number of carbonyl (C=O) groups excluding carboxylic acids is 1. The second kappa shape index (κ2) is 9.72. The molecule has 0 saturated carbocycles. The van der Waals surface area contributed by atoms with Crippen LogP contribution in [-0.2, 0) is 11.2 Å². The summed E-state index contributed by atoms with van der Waals surface area (Å²) in [6.07, 6.45) is 0.104. The molecule has 0 atom stereocenters. The fraction of sp³-hybridized carbons (Fsp3) is 0.179. The number of nitrogens with zero attached hydrogens (tertiary/aromatic N) is 2. The number of amides is 1. The molecule has 0 aliphatic heterocycles. The number of ether oxygens (including phenoxy) is 1. The summed E-state index contributed by atoms with van der Waals surface area (Å²) in [5, 5.41) is 12.1. The third-order valence-electron chi connectivity index (χ3n) is 6.20. The fourth-order valence-electron chi connectivity index (χ4n) is 4.51. The summed E-state index contributed by atoms with van der Waals surface area (Å²) in [6.45, 7) is 2.52. The van der Waals surface area contributed by atoms with E-state index < -0.39 is 12.1 Å². The van der Waals surface area contributed by atoms with Gasteiger partial charge < -0.3 is 9.84 Å². The first kappa shape index (κ1) is 22.8. The summed E-state index contributed by atoms with van der Waals surface area (Å²) in [6, 6.07) is 22.7. The van der Waals surface area contributed by atoms with Crippen LogP contribution in [0.15, 0.2) is 78.2 Å². The van der Waals surface area contributed by atoms with E-state index in [4.69, 9.17) is 4.74 Å². The molecular weight excluding hydrogens is 460 g/mol. The van der Waals surface area contributed by atoms with Crippen LogP contribution in [-0.4, -0.2) is 35.3 Å². The van der Waals surface area contributed by atoms with E-state index >= 15 is 0 Å². The number of hydrogen-bond acceptors (Lipinski definition) is 5. The van der Waals surface area contributed by atoms with Gasteiger partial charge in [-0.1, -0.05) is 48.5 Å². The Hall–Kier alpha value is -3.97. The molecule has 4 aromatic rings. The molecule has 0 unspecified atom stereocenters. The second-order valence-electron chi connectivity index (χ2n) is 8.44. The highest BCUT2D eigenvalue weighted by Gasteiger charge is 2.30. The highest BCUT2D eigenvalue weighted by atomic mass is 32.1. The number of carbonyl (C=O) groups is 2. The molecule has 3 aromatic carbocycles. The maximum atomic E-state index is 13.3. The third kappa shape index (κ3) is 4.68. The molecule has 176 valence electrons. The summed E-state index contributed by atoms with van der Waals surface area (Å²) in [5.74, 6) is -1.05. The minimum atomic E-state index is -1.01. The lowest BCUT2D eigenvalue weighted by Crippen LogP contribution is -2.34. The van der Waals surface area contributed by atoms with E-state index in [1.54, 1.807) is 28.4 Å². The summed E-state index contributed by atoms with van der Waals surface area (Å²) in [5.41, 5.74) is 6.34. The first-order valence-electron chi connectivity index (χ1n) is 11.4. The van der Waals surface area contributed by atoms with Crippen molar-refractivity contribution in [3.63, 3.8) is 0 Å². The summed E-state index contributed by atoms with van der Waals surface area (Å²) >= 11 is 1.56.